The smallest absolute Gasteiger partial charge is 0.469 e. The zero-order chi connectivity index (χ0) is 30.4. The van der Waals surface area contributed by atoms with E-state index in [1.165, 1.54) is 110 Å². The molecule has 0 spiro atoms. The van der Waals surface area contributed by atoms with Crippen LogP contribution in [0, 0.1) is 5.92 Å². The first-order chi connectivity index (χ1) is 19.9. The van der Waals surface area contributed by atoms with Crippen molar-refractivity contribution in [3.63, 3.8) is 0 Å². The summed E-state index contributed by atoms with van der Waals surface area (Å²) in [5.41, 5.74) is 0. The van der Waals surface area contributed by atoms with Gasteiger partial charge < -0.3 is 19.1 Å². The molecule has 0 aliphatic rings. The highest BCUT2D eigenvalue weighted by Crippen LogP contribution is 2.43. The Morgan fingerprint density at radius 3 is 1.83 bits per heavy atom. The van der Waals surface area contributed by atoms with Gasteiger partial charge in [0.15, 0.2) is 0 Å². The quantitative estimate of drug-likeness (QED) is 0.0327. The van der Waals surface area contributed by atoms with Crippen molar-refractivity contribution < 1.29 is 37.5 Å². The normalized spacial score (nSPS) is 14.6. The van der Waals surface area contributed by atoms with Crippen LogP contribution in [0.2, 0.25) is 0 Å². The highest BCUT2D eigenvalue weighted by Gasteiger charge is 2.24. The third-order valence-electron chi connectivity index (χ3n) is 7.20. The summed E-state index contributed by atoms with van der Waals surface area (Å²) in [5.74, 6) is 0.264. The maximum Gasteiger partial charge on any atom is 0.472 e. The van der Waals surface area contributed by atoms with Crippen LogP contribution in [0.15, 0.2) is 0 Å². The molecule has 0 aliphatic carbocycles. The molecule has 0 heterocycles. The van der Waals surface area contributed by atoms with Gasteiger partial charge in [-0.1, -0.05) is 120 Å². The number of methoxy groups -OCH3 is 1. The van der Waals surface area contributed by atoms with Crippen LogP contribution in [0.25, 0.3) is 0 Å². The van der Waals surface area contributed by atoms with E-state index >= 15 is 0 Å². The summed E-state index contributed by atoms with van der Waals surface area (Å²) in [4.78, 5) is 21.3. The van der Waals surface area contributed by atoms with E-state index in [9.17, 15) is 14.3 Å². The zero-order valence-corrected chi connectivity index (χ0v) is 28.9. The van der Waals surface area contributed by atoms with Gasteiger partial charge in [0, 0.05) is 25.0 Å². The summed E-state index contributed by atoms with van der Waals surface area (Å²) < 4.78 is 39.0. The Kier molecular flexibility index (Phi) is 30.0. The zero-order valence-electron chi connectivity index (χ0n) is 26.5. The minimum Gasteiger partial charge on any atom is -0.469 e. The minimum absolute atomic E-state index is 0.0716. The van der Waals surface area contributed by atoms with E-state index in [-0.39, 0.29) is 25.8 Å². The van der Waals surface area contributed by atoms with Gasteiger partial charge in [0.05, 0.1) is 26.9 Å². The molecule has 0 aromatic rings. The van der Waals surface area contributed by atoms with Crippen LogP contribution in [-0.4, -0.2) is 62.4 Å². The number of hydrogen-bond acceptors (Lipinski definition) is 7. The van der Waals surface area contributed by atoms with E-state index in [4.69, 9.17) is 18.5 Å². The maximum absolute atomic E-state index is 12.1. The molecule has 0 aromatic carbocycles. The van der Waals surface area contributed by atoms with Gasteiger partial charge in [-0.05, 0) is 31.6 Å². The van der Waals surface area contributed by atoms with Crippen molar-refractivity contribution >= 4 is 29.7 Å². The highest BCUT2D eigenvalue weighted by molar-refractivity contribution is 9.09. The molecule has 0 fully saturated rings. The molecule has 0 aromatic heterocycles. The van der Waals surface area contributed by atoms with Gasteiger partial charge in [-0.15, -0.1) is 0 Å². The summed E-state index contributed by atoms with van der Waals surface area (Å²) in [6.07, 6.45) is 21.7. The molecule has 3 unspecified atom stereocenters. The molecule has 246 valence electrons. The van der Waals surface area contributed by atoms with Gasteiger partial charge in [0.2, 0.25) is 0 Å². The standard InChI is InChI=1S/C31H62BrO8P/c1-4-6-8-10-12-13-15-17-21-29(20-16-14-11-9-7-5-2)26-37-27-30(28-40-41(34,35)39-25-23-32)38-24-19-18-22-31(33)36-3/h29-30H,4-28H2,1-3H3,(H,34,35). The first kappa shape index (κ1) is 41.0. The Morgan fingerprint density at radius 1 is 0.732 bits per heavy atom. The number of alkyl halides is 1. The number of halogens is 1. The molecule has 0 amide bonds. The van der Waals surface area contributed by atoms with Crippen molar-refractivity contribution in [1.82, 2.24) is 0 Å². The molecule has 0 bridgehead atoms. The van der Waals surface area contributed by atoms with Crippen LogP contribution in [0.1, 0.15) is 136 Å². The predicted molar refractivity (Wildman–Crippen MR) is 171 cm³/mol. The van der Waals surface area contributed by atoms with E-state index in [0.717, 1.165) is 0 Å². The fourth-order valence-electron chi connectivity index (χ4n) is 4.69. The summed E-state index contributed by atoms with van der Waals surface area (Å²) in [7, 11) is -2.78. The molecule has 0 saturated heterocycles. The second-order valence-corrected chi connectivity index (χ2v) is 13.3. The Hall–Kier alpha value is -0.0200. The Labute approximate surface area is 260 Å². The summed E-state index contributed by atoms with van der Waals surface area (Å²) in [6.45, 7) is 5.80. The lowest BCUT2D eigenvalue weighted by Gasteiger charge is -2.22. The Bertz CT molecular complexity index is 625. The van der Waals surface area contributed by atoms with E-state index in [2.05, 4.69) is 34.5 Å². The predicted octanol–water partition coefficient (Wildman–Crippen LogP) is 9.16. The van der Waals surface area contributed by atoms with Crippen LogP contribution in [-0.2, 0) is 32.6 Å². The minimum atomic E-state index is -4.16. The number of carbonyl (C=O) groups is 1. The van der Waals surface area contributed by atoms with Crippen LogP contribution in [0.3, 0.4) is 0 Å². The summed E-state index contributed by atoms with van der Waals surface area (Å²) in [5, 5.41) is 0.434. The van der Waals surface area contributed by atoms with Crippen LogP contribution in [0.5, 0.6) is 0 Å². The Balaban J connectivity index is 4.72. The lowest BCUT2D eigenvalue weighted by molar-refractivity contribution is -0.140. The van der Waals surface area contributed by atoms with Crippen molar-refractivity contribution in [3.8, 4) is 0 Å². The molecule has 0 aliphatic heterocycles. The molecule has 10 heteroatoms. The van der Waals surface area contributed by atoms with Gasteiger partial charge >= 0.3 is 13.8 Å². The van der Waals surface area contributed by atoms with Gasteiger partial charge in [-0.3, -0.25) is 13.8 Å². The number of esters is 1. The van der Waals surface area contributed by atoms with Gasteiger partial charge in [0.25, 0.3) is 0 Å². The number of rotatable bonds is 32. The molecule has 0 radical (unpaired) electrons. The fourth-order valence-corrected chi connectivity index (χ4v) is 5.85. The second-order valence-electron chi connectivity index (χ2n) is 11.0. The summed E-state index contributed by atoms with van der Waals surface area (Å²) >= 11 is 3.18. The molecule has 8 nitrogen and oxygen atoms in total. The van der Waals surface area contributed by atoms with Gasteiger partial charge in [-0.25, -0.2) is 4.57 Å². The highest BCUT2D eigenvalue weighted by atomic mass is 79.9. The molecule has 1 N–H and O–H groups in total. The monoisotopic (exact) mass is 672 g/mol. The van der Waals surface area contributed by atoms with Gasteiger partial charge in [0.1, 0.15) is 6.10 Å². The van der Waals surface area contributed by atoms with Crippen molar-refractivity contribution in [2.75, 3.05) is 45.5 Å². The van der Waals surface area contributed by atoms with E-state index in [1.54, 1.807) is 0 Å². The number of phosphoric ester groups is 1. The largest absolute Gasteiger partial charge is 0.472 e. The summed E-state index contributed by atoms with van der Waals surface area (Å²) in [6, 6.07) is 0. The van der Waals surface area contributed by atoms with Crippen LogP contribution in [0.4, 0.5) is 0 Å². The first-order valence-electron chi connectivity index (χ1n) is 16.3. The number of carbonyl (C=O) groups excluding carboxylic acids is 1. The van der Waals surface area contributed by atoms with Crippen molar-refractivity contribution in [2.24, 2.45) is 5.92 Å². The second kappa shape index (κ2) is 30.0. The molecule has 3 atom stereocenters. The average molecular weight is 674 g/mol. The number of phosphoric acid groups is 1. The van der Waals surface area contributed by atoms with Crippen LogP contribution < -0.4 is 0 Å². The van der Waals surface area contributed by atoms with Crippen LogP contribution >= 0.6 is 23.8 Å². The molecule has 41 heavy (non-hydrogen) atoms. The van der Waals surface area contributed by atoms with Crippen molar-refractivity contribution in [3.05, 3.63) is 0 Å². The SMILES string of the molecule is CCCCCCCCCCC(CCCCCCCC)COCC(COP(=O)(O)OCCBr)OCCCCC(=O)OC. The number of ether oxygens (including phenoxy) is 3. The first-order valence-corrected chi connectivity index (χ1v) is 18.9. The topological polar surface area (TPSA) is 101 Å². The third-order valence-corrected chi connectivity index (χ3v) is 8.51. The average Bonchev–Trinajstić information content (AvgIpc) is 2.96. The Morgan fingerprint density at radius 2 is 1.29 bits per heavy atom. The fraction of sp³-hybridized carbons (Fsp3) is 0.968. The van der Waals surface area contributed by atoms with E-state index in [0.29, 0.717) is 43.7 Å². The van der Waals surface area contributed by atoms with E-state index in [1.807, 2.05) is 0 Å². The lowest BCUT2D eigenvalue weighted by Crippen LogP contribution is -2.27. The number of unbranched alkanes of at least 4 members (excludes halogenated alkanes) is 13. The number of hydrogen-bond donors (Lipinski definition) is 1. The molecular weight excluding hydrogens is 611 g/mol. The van der Waals surface area contributed by atoms with E-state index < -0.39 is 13.9 Å². The molecular formula is C31H62BrO8P. The molecule has 0 rings (SSSR count). The lowest BCUT2D eigenvalue weighted by atomic mass is 9.94. The van der Waals surface area contributed by atoms with Gasteiger partial charge in [-0.2, -0.15) is 0 Å². The van der Waals surface area contributed by atoms with Crippen molar-refractivity contribution in [1.29, 1.82) is 0 Å². The maximum atomic E-state index is 12.1. The third kappa shape index (κ3) is 28.5. The van der Waals surface area contributed by atoms with Crippen molar-refractivity contribution in [2.45, 2.75) is 142 Å². The molecule has 0 saturated carbocycles.